The third-order valence-corrected chi connectivity index (χ3v) is 5.45. The van der Waals surface area contributed by atoms with Crippen molar-refractivity contribution in [1.82, 2.24) is 9.97 Å². The summed E-state index contributed by atoms with van der Waals surface area (Å²) in [6.45, 7) is 12.2. The largest absolute Gasteiger partial charge is 0.468 e. The lowest BCUT2D eigenvalue weighted by molar-refractivity contribution is -0.143. The molecule has 1 unspecified atom stereocenters. The number of rotatable bonds is 8. The normalized spacial score (nSPS) is 19.6. The Morgan fingerprint density at radius 1 is 1.27 bits per heavy atom. The van der Waals surface area contributed by atoms with Crippen LogP contribution in [0.3, 0.4) is 0 Å². The van der Waals surface area contributed by atoms with Gasteiger partial charge in [0.15, 0.2) is 0 Å². The number of hydrogen-bond acceptors (Lipinski definition) is 5. The van der Waals surface area contributed by atoms with Crippen LogP contribution in [0.4, 0.5) is 0 Å². The third kappa shape index (κ3) is 4.62. The molecule has 1 fully saturated rings. The number of aryl methyl sites for hydroxylation is 1. The molecule has 8 heteroatoms. The molecule has 1 saturated heterocycles. The number of unbranched alkanes of at least 4 members (excludes halogenated alkanes) is 1. The molecule has 6 nitrogen and oxygen atoms in total. The SMILES string of the molecule is CCCCc1nc(Cl)c(C(CC(=O)OCC)B2OC(C)(C)C(C)(C)O2)[nH]1. The molecule has 1 aliphatic rings. The molecule has 1 aromatic heterocycles. The van der Waals surface area contributed by atoms with Crippen molar-refractivity contribution in [1.29, 1.82) is 0 Å². The molecule has 2 rings (SSSR count). The number of carbonyl (C=O) groups excluding carboxylic acids is 1. The molecule has 1 N–H and O–H groups in total. The number of esters is 1. The van der Waals surface area contributed by atoms with Crippen LogP contribution in [-0.2, 0) is 25.3 Å². The van der Waals surface area contributed by atoms with Gasteiger partial charge in [-0.1, -0.05) is 24.9 Å². The highest BCUT2D eigenvalue weighted by molar-refractivity contribution is 6.48. The summed E-state index contributed by atoms with van der Waals surface area (Å²) < 4.78 is 17.5. The van der Waals surface area contributed by atoms with Gasteiger partial charge in [-0.15, -0.1) is 0 Å². The van der Waals surface area contributed by atoms with Crippen molar-refractivity contribution >= 4 is 24.7 Å². The Hall–Kier alpha value is -1.05. The Kier molecular flexibility index (Phi) is 6.80. The number of nitrogens with zero attached hydrogens (tertiary/aromatic N) is 1. The number of imidazole rings is 1. The van der Waals surface area contributed by atoms with Gasteiger partial charge in [0.05, 0.1) is 29.9 Å². The summed E-state index contributed by atoms with van der Waals surface area (Å²) in [5.41, 5.74) is -0.325. The number of nitrogens with one attached hydrogen (secondary N) is 1. The smallest absolute Gasteiger partial charge is 0.466 e. The minimum Gasteiger partial charge on any atom is -0.466 e. The minimum absolute atomic E-state index is 0.111. The fraction of sp³-hybridized carbons (Fsp3) is 0.778. The van der Waals surface area contributed by atoms with Crippen LogP contribution in [0.2, 0.25) is 5.15 Å². The molecule has 0 bridgehead atoms. The van der Waals surface area contributed by atoms with Gasteiger partial charge < -0.3 is 19.0 Å². The second-order valence-corrected chi connectivity index (χ2v) is 8.09. The Labute approximate surface area is 161 Å². The molecule has 1 aliphatic heterocycles. The van der Waals surface area contributed by atoms with Gasteiger partial charge in [-0.2, -0.15) is 0 Å². The van der Waals surface area contributed by atoms with Crippen molar-refractivity contribution in [3.8, 4) is 0 Å². The van der Waals surface area contributed by atoms with E-state index in [1.165, 1.54) is 0 Å². The van der Waals surface area contributed by atoms with E-state index in [9.17, 15) is 4.79 Å². The lowest BCUT2D eigenvalue weighted by Crippen LogP contribution is -2.41. The summed E-state index contributed by atoms with van der Waals surface area (Å²) in [6.07, 6.45) is 3.00. The van der Waals surface area contributed by atoms with Crippen molar-refractivity contribution in [2.45, 2.75) is 84.2 Å². The van der Waals surface area contributed by atoms with Crippen LogP contribution in [0.15, 0.2) is 0 Å². The molecule has 1 atom stereocenters. The summed E-state index contributed by atoms with van der Waals surface area (Å²) in [5.74, 6) is 0.0932. The number of aromatic amines is 1. The van der Waals surface area contributed by atoms with Gasteiger partial charge in [0, 0.05) is 12.2 Å². The first-order chi connectivity index (χ1) is 12.1. The summed E-state index contributed by atoms with van der Waals surface area (Å²) in [6, 6.07) is 0. The van der Waals surface area contributed by atoms with E-state index >= 15 is 0 Å². The predicted octanol–water partition coefficient (Wildman–Crippen LogP) is 4.07. The van der Waals surface area contributed by atoms with E-state index in [0.29, 0.717) is 17.5 Å². The maximum absolute atomic E-state index is 12.2. The van der Waals surface area contributed by atoms with Gasteiger partial charge in [0.25, 0.3) is 0 Å². The molecule has 1 aromatic rings. The average molecular weight is 385 g/mol. The summed E-state index contributed by atoms with van der Waals surface area (Å²) >= 11 is 6.39. The molecule has 0 amide bonds. The van der Waals surface area contributed by atoms with Gasteiger partial charge >= 0.3 is 13.1 Å². The quantitative estimate of drug-likeness (QED) is 0.540. The monoisotopic (exact) mass is 384 g/mol. The number of H-pyrrole nitrogens is 1. The molecule has 26 heavy (non-hydrogen) atoms. The summed E-state index contributed by atoms with van der Waals surface area (Å²) in [7, 11) is -0.610. The van der Waals surface area contributed by atoms with Crippen LogP contribution in [-0.4, -0.2) is 40.9 Å². The van der Waals surface area contributed by atoms with E-state index in [4.69, 9.17) is 25.6 Å². The first-order valence-corrected chi connectivity index (χ1v) is 9.74. The van der Waals surface area contributed by atoms with Crippen molar-refractivity contribution in [2.24, 2.45) is 0 Å². The third-order valence-electron chi connectivity index (χ3n) is 5.16. The Morgan fingerprint density at radius 2 is 1.88 bits per heavy atom. The van der Waals surface area contributed by atoms with Crippen LogP contribution in [0.25, 0.3) is 0 Å². The maximum Gasteiger partial charge on any atom is 0.468 e. The molecule has 0 radical (unpaired) electrons. The Balaban J connectivity index is 2.30. The number of hydrogen-bond donors (Lipinski definition) is 1. The second-order valence-electron chi connectivity index (χ2n) is 7.73. The molecular formula is C18H30BClN2O4. The van der Waals surface area contributed by atoms with E-state index in [1.54, 1.807) is 6.92 Å². The van der Waals surface area contributed by atoms with Gasteiger partial charge in [-0.25, -0.2) is 4.98 Å². The minimum atomic E-state index is -0.610. The molecule has 0 aliphatic carbocycles. The van der Waals surface area contributed by atoms with Crippen LogP contribution in [0.1, 0.15) is 78.1 Å². The fourth-order valence-electron chi connectivity index (χ4n) is 2.91. The highest BCUT2D eigenvalue weighted by Gasteiger charge is 2.55. The molecule has 0 saturated carbocycles. The average Bonchev–Trinajstić information content (AvgIpc) is 2.99. The number of ether oxygens (including phenoxy) is 1. The molecule has 0 spiro atoms. The zero-order valence-corrected chi connectivity index (χ0v) is 17.4. The number of carbonyl (C=O) groups is 1. The zero-order valence-electron chi connectivity index (χ0n) is 16.6. The van der Waals surface area contributed by atoms with Gasteiger partial charge in [0.1, 0.15) is 11.0 Å². The lowest BCUT2D eigenvalue weighted by atomic mass is 9.68. The van der Waals surface area contributed by atoms with Crippen molar-refractivity contribution in [3.63, 3.8) is 0 Å². The van der Waals surface area contributed by atoms with Gasteiger partial charge in [-0.3, -0.25) is 4.79 Å². The first-order valence-electron chi connectivity index (χ1n) is 9.36. The highest BCUT2D eigenvalue weighted by Crippen LogP contribution is 2.42. The Bertz CT molecular complexity index is 617. The fourth-order valence-corrected chi connectivity index (χ4v) is 3.20. The summed E-state index contributed by atoms with van der Waals surface area (Å²) in [4.78, 5) is 19.9. The molecular weight excluding hydrogens is 354 g/mol. The lowest BCUT2D eigenvalue weighted by Gasteiger charge is -2.32. The van der Waals surface area contributed by atoms with Crippen molar-refractivity contribution < 1.29 is 18.8 Å². The predicted molar refractivity (Wildman–Crippen MR) is 102 cm³/mol. The van der Waals surface area contributed by atoms with Crippen molar-refractivity contribution in [3.05, 3.63) is 16.7 Å². The highest BCUT2D eigenvalue weighted by atomic mass is 35.5. The van der Waals surface area contributed by atoms with Crippen LogP contribution in [0.5, 0.6) is 0 Å². The number of aromatic nitrogens is 2. The van der Waals surface area contributed by atoms with E-state index < -0.39 is 24.1 Å². The van der Waals surface area contributed by atoms with Gasteiger partial charge in [-0.05, 0) is 41.0 Å². The first kappa shape index (κ1) is 21.3. The van der Waals surface area contributed by atoms with E-state index in [1.807, 2.05) is 27.7 Å². The second kappa shape index (κ2) is 8.32. The van der Waals surface area contributed by atoms with E-state index in [-0.39, 0.29) is 12.4 Å². The van der Waals surface area contributed by atoms with Crippen LogP contribution in [0, 0.1) is 0 Å². The topological polar surface area (TPSA) is 73.4 Å². The maximum atomic E-state index is 12.2. The van der Waals surface area contributed by atoms with Gasteiger partial charge in [0.2, 0.25) is 0 Å². The summed E-state index contributed by atoms with van der Waals surface area (Å²) in [5, 5.41) is 0.361. The number of halogens is 1. The molecule has 2 heterocycles. The van der Waals surface area contributed by atoms with Crippen molar-refractivity contribution in [2.75, 3.05) is 6.61 Å². The van der Waals surface area contributed by atoms with E-state index in [2.05, 4.69) is 16.9 Å². The molecule has 146 valence electrons. The van der Waals surface area contributed by atoms with Crippen LogP contribution < -0.4 is 0 Å². The van der Waals surface area contributed by atoms with E-state index in [0.717, 1.165) is 25.1 Å². The standard InChI is InChI=1S/C18H30BClN2O4/c1-7-9-10-13-21-15(16(20)22-13)12(11-14(23)24-8-2)19-25-17(3,4)18(5,6)26-19/h12H,7-11H2,1-6H3,(H,21,22). The molecule has 0 aromatic carbocycles. The Morgan fingerprint density at radius 3 is 2.42 bits per heavy atom. The zero-order chi connectivity index (χ0) is 19.5. The van der Waals surface area contributed by atoms with Crippen LogP contribution >= 0.6 is 11.6 Å².